The molecule has 0 amide bonds. The third-order valence-corrected chi connectivity index (χ3v) is 6.93. The number of carbonyl (C=O) groups excluding carboxylic acids is 2. The highest BCUT2D eigenvalue weighted by Gasteiger charge is 2.52. The van der Waals surface area contributed by atoms with Crippen LogP contribution in [-0.4, -0.2) is 18.5 Å². The summed E-state index contributed by atoms with van der Waals surface area (Å²) in [6, 6.07) is 39.7. The second-order valence-electron chi connectivity index (χ2n) is 9.27. The van der Waals surface area contributed by atoms with Crippen molar-refractivity contribution in [2.45, 2.75) is 25.4 Å². The minimum Gasteiger partial charge on any atom is -0.462 e. The van der Waals surface area contributed by atoms with Crippen molar-refractivity contribution in [1.29, 1.82) is 0 Å². The van der Waals surface area contributed by atoms with Crippen molar-refractivity contribution in [2.24, 2.45) is 0 Å². The van der Waals surface area contributed by atoms with Gasteiger partial charge in [-0.3, -0.25) is 0 Å². The van der Waals surface area contributed by atoms with Gasteiger partial charge in [0.1, 0.15) is 5.57 Å². The van der Waals surface area contributed by atoms with Gasteiger partial charge in [-0.15, -0.1) is 0 Å². The summed E-state index contributed by atoms with van der Waals surface area (Å²) in [6.07, 6.45) is 3.17. The van der Waals surface area contributed by atoms with Gasteiger partial charge in [-0.05, 0) is 36.5 Å². The molecule has 39 heavy (non-hydrogen) atoms. The third kappa shape index (κ3) is 5.19. The molecule has 1 aliphatic heterocycles. The molecule has 0 aliphatic carbocycles. The first-order chi connectivity index (χ1) is 19.1. The summed E-state index contributed by atoms with van der Waals surface area (Å²) >= 11 is 0. The quantitative estimate of drug-likeness (QED) is 0.174. The highest BCUT2D eigenvalue weighted by molar-refractivity contribution is 6.17. The highest BCUT2D eigenvalue weighted by atomic mass is 16.6. The Balaban J connectivity index is 1.64. The Kier molecular flexibility index (Phi) is 7.83. The van der Waals surface area contributed by atoms with Crippen LogP contribution in [0.5, 0.6) is 0 Å². The predicted molar refractivity (Wildman–Crippen MR) is 153 cm³/mol. The maximum absolute atomic E-state index is 13.4. The molecule has 0 spiro atoms. The molecule has 0 bridgehead atoms. The lowest BCUT2D eigenvalue weighted by Crippen LogP contribution is -2.31. The Morgan fingerprint density at radius 1 is 0.744 bits per heavy atom. The van der Waals surface area contributed by atoms with Gasteiger partial charge in [-0.25, -0.2) is 9.59 Å². The summed E-state index contributed by atoms with van der Waals surface area (Å²) in [4.78, 5) is 26.6. The van der Waals surface area contributed by atoms with Crippen molar-refractivity contribution in [3.05, 3.63) is 161 Å². The Morgan fingerprint density at radius 3 is 1.67 bits per heavy atom. The van der Waals surface area contributed by atoms with E-state index in [1.807, 2.05) is 97.1 Å². The third-order valence-electron chi connectivity index (χ3n) is 6.93. The lowest BCUT2D eigenvalue weighted by Gasteiger charge is -2.32. The first-order valence-electron chi connectivity index (χ1n) is 13.2. The Morgan fingerprint density at radius 2 is 1.21 bits per heavy atom. The molecule has 1 aliphatic rings. The van der Waals surface area contributed by atoms with E-state index in [-0.39, 0.29) is 12.2 Å². The second-order valence-corrected chi connectivity index (χ2v) is 9.27. The Labute approximate surface area is 229 Å². The average molecular weight is 515 g/mol. The molecule has 4 aromatic carbocycles. The highest BCUT2D eigenvalue weighted by Crippen LogP contribution is 2.49. The van der Waals surface area contributed by atoms with Crippen LogP contribution in [-0.2, 0) is 24.7 Å². The fourth-order valence-corrected chi connectivity index (χ4v) is 5.24. The first-order valence-corrected chi connectivity index (χ1v) is 13.2. The van der Waals surface area contributed by atoms with Crippen molar-refractivity contribution in [1.82, 2.24) is 0 Å². The van der Waals surface area contributed by atoms with Gasteiger partial charge >= 0.3 is 11.9 Å². The smallest absolute Gasteiger partial charge is 0.347 e. The number of carbonyl (C=O) groups is 2. The van der Waals surface area contributed by atoms with Gasteiger partial charge in [0.2, 0.25) is 0 Å². The normalized spacial score (nSPS) is 14.0. The molecule has 194 valence electrons. The fourth-order valence-electron chi connectivity index (χ4n) is 5.24. The number of rotatable bonds is 9. The van der Waals surface area contributed by atoms with E-state index in [0.717, 1.165) is 27.8 Å². The van der Waals surface area contributed by atoms with Gasteiger partial charge in [0.05, 0.1) is 6.61 Å². The maximum Gasteiger partial charge on any atom is 0.347 e. The van der Waals surface area contributed by atoms with E-state index in [2.05, 4.69) is 30.3 Å². The van der Waals surface area contributed by atoms with Gasteiger partial charge in [0.15, 0.2) is 5.60 Å². The van der Waals surface area contributed by atoms with Crippen molar-refractivity contribution in [2.75, 3.05) is 6.61 Å². The van der Waals surface area contributed by atoms with Crippen LogP contribution < -0.4 is 0 Å². The molecule has 0 aromatic heterocycles. The molecule has 5 rings (SSSR count). The summed E-state index contributed by atoms with van der Waals surface area (Å²) in [5.74, 6) is -1.31. The van der Waals surface area contributed by atoms with Crippen LogP contribution in [0.2, 0.25) is 0 Å². The van der Waals surface area contributed by atoms with E-state index in [0.29, 0.717) is 18.4 Å². The van der Waals surface area contributed by atoms with Crippen molar-refractivity contribution < 1.29 is 19.1 Å². The number of cyclic esters (lactones) is 1. The van der Waals surface area contributed by atoms with Crippen LogP contribution in [0.4, 0.5) is 0 Å². The van der Waals surface area contributed by atoms with Gasteiger partial charge in [0.25, 0.3) is 0 Å². The van der Waals surface area contributed by atoms with Gasteiger partial charge in [-0.1, -0.05) is 127 Å². The standard InChI is InChI=1S/C35H30O4/c1-2-38-33(36)32-31(25-15-24-30(26-16-7-3-8-17-26)27-18-9-4-10-19-27)35(39-34(32)37,28-20-11-5-12-21-28)29-22-13-6-14-23-29/h3-14,16-24H,2,15,25H2,1H3. The zero-order valence-corrected chi connectivity index (χ0v) is 21.9. The van der Waals surface area contributed by atoms with E-state index in [4.69, 9.17) is 9.47 Å². The number of ether oxygens (including phenoxy) is 2. The summed E-state index contributed by atoms with van der Waals surface area (Å²) < 4.78 is 11.6. The fraction of sp³-hybridized carbons (Fsp3) is 0.143. The average Bonchev–Trinajstić information content (AvgIpc) is 3.30. The van der Waals surface area contributed by atoms with Crippen LogP contribution >= 0.6 is 0 Å². The maximum atomic E-state index is 13.4. The minimum absolute atomic E-state index is 0.0149. The van der Waals surface area contributed by atoms with E-state index in [1.54, 1.807) is 6.92 Å². The first kappa shape index (κ1) is 25.9. The molecular formula is C35H30O4. The molecule has 0 radical (unpaired) electrons. The SMILES string of the molecule is CCOC(=O)C1=C(CCC=C(c2ccccc2)c2ccccc2)C(c2ccccc2)(c2ccccc2)OC1=O. The van der Waals surface area contributed by atoms with Crippen LogP contribution in [0.3, 0.4) is 0 Å². The Bertz CT molecular complexity index is 1410. The van der Waals surface area contributed by atoms with Crippen LogP contribution in [0, 0.1) is 0 Å². The molecule has 0 unspecified atom stereocenters. The van der Waals surface area contributed by atoms with E-state index in [9.17, 15) is 9.59 Å². The zero-order valence-electron chi connectivity index (χ0n) is 21.9. The van der Waals surface area contributed by atoms with E-state index in [1.165, 1.54) is 0 Å². The van der Waals surface area contributed by atoms with Crippen LogP contribution in [0.25, 0.3) is 5.57 Å². The number of hydrogen-bond acceptors (Lipinski definition) is 4. The van der Waals surface area contributed by atoms with Gasteiger partial charge in [-0.2, -0.15) is 0 Å². The Hall–Kier alpha value is -4.70. The molecular weight excluding hydrogens is 484 g/mol. The summed E-state index contributed by atoms with van der Waals surface area (Å²) in [5.41, 5.74) is 4.22. The summed E-state index contributed by atoms with van der Waals surface area (Å²) in [5, 5.41) is 0. The number of esters is 2. The topological polar surface area (TPSA) is 52.6 Å². The molecule has 1 heterocycles. The van der Waals surface area contributed by atoms with Crippen molar-refractivity contribution in [3.63, 3.8) is 0 Å². The van der Waals surface area contributed by atoms with E-state index >= 15 is 0 Å². The summed E-state index contributed by atoms with van der Waals surface area (Å²) in [6.45, 7) is 1.90. The second kappa shape index (κ2) is 11.8. The molecule has 0 saturated carbocycles. The largest absolute Gasteiger partial charge is 0.462 e. The van der Waals surface area contributed by atoms with Gasteiger partial charge in [0, 0.05) is 16.7 Å². The van der Waals surface area contributed by atoms with Crippen LogP contribution in [0.15, 0.2) is 139 Å². The molecule has 4 heteroatoms. The lowest BCUT2D eigenvalue weighted by molar-refractivity contribution is -0.149. The number of benzene rings is 4. The summed E-state index contributed by atoms with van der Waals surface area (Å²) in [7, 11) is 0. The zero-order chi connectivity index (χ0) is 27.1. The number of hydrogen-bond donors (Lipinski definition) is 0. The van der Waals surface area contributed by atoms with Crippen molar-refractivity contribution in [3.8, 4) is 0 Å². The monoisotopic (exact) mass is 514 g/mol. The van der Waals surface area contributed by atoms with Gasteiger partial charge < -0.3 is 9.47 Å². The van der Waals surface area contributed by atoms with Crippen molar-refractivity contribution >= 4 is 17.5 Å². The predicted octanol–water partition coefficient (Wildman–Crippen LogP) is 7.26. The molecule has 0 N–H and O–H groups in total. The molecule has 4 nitrogen and oxygen atoms in total. The molecule has 0 atom stereocenters. The van der Waals surface area contributed by atoms with E-state index < -0.39 is 17.5 Å². The molecule has 0 fully saturated rings. The molecule has 4 aromatic rings. The molecule has 0 saturated heterocycles. The lowest BCUT2D eigenvalue weighted by atomic mass is 9.77. The van der Waals surface area contributed by atoms with Crippen LogP contribution in [0.1, 0.15) is 42.0 Å². The number of allylic oxidation sites excluding steroid dienone is 1. The minimum atomic E-state index is -1.23.